The van der Waals surface area contributed by atoms with Crippen molar-refractivity contribution in [2.24, 2.45) is 0 Å². The predicted octanol–water partition coefficient (Wildman–Crippen LogP) is 0.707. The summed E-state index contributed by atoms with van der Waals surface area (Å²) in [6, 6.07) is 5.17. The monoisotopic (exact) mass is 314 g/mol. The molecule has 0 saturated heterocycles. The first-order chi connectivity index (χ1) is 9.93. The van der Waals surface area contributed by atoms with Crippen LogP contribution >= 0.6 is 0 Å². The van der Waals surface area contributed by atoms with Gasteiger partial charge >= 0.3 is 0 Å². The molecular weight excluding hydrogens is 296 g/mol. The molecule has 0 saturated carbocycles. The third kappa shape index (κ3) is 3.85. The number of rotatable bonds is 6. The highest BCUT2D eigenvalue weighted by atomic mass is 32.2. The van der Waals surface area contributed by atoms with Crippen LogP contribution in [0.25, 0.3) is 0 Å². The zero-order valence-corrected chi connectivity index (χ0v) is 12.8. The number of nitrogens with one attached hydrogen (secondary N) is 1. The number of amides is 1. The Morgan fingerprint density at radius 3 is 2.71 bits per heavy atom. The minimum Gasteiger partial charge on any atom is -0.454 e. The maximum Gasteiger partial charge on any atom is 0.231 e. The summed E-state index contributed by atoms with van der Waals surface area (Å²) in [5, 5.41) is 0. The molecule has 0 aliphatic carbocycles. The second-order valence-electron chi connectivity index (χ2n) is 4.51. The summed E-state index contributed by atoms with van der Waals surface area (Å²) in [6.07, 6.45) is 0. The molecule has 0 fully saturated rings. The van der Waals surface area contributed by atoms with E-state index in [1.165, 1.54) is 11.8 Å². The number of benzene rings is 1. The Labute approximate surface area is 123 Å². The van der Waals surface area contributed by atoms with E-state index in [1.807, 2.05) is 0 Å². The molecule has 7 nitrogen and oxygen atoms in total. The minimum absolute atomic E-state index is 0.0110. The van der Waals surface area contributed by atoms with E-state index in [1.54, 1.807) is 25.1 Å². The van der Waals surface area contributed by atoms with E-state index in [2.05, 4.69) is 4.72 Å². The van der Waals surface area contributed by atoms with Gasteiger partial charge in [0.05, 0.1) is 5.75 Å². The molecule has 1 aromatic carbocycles. The summed E-state index contributed by atoms with van der Waals surface area (Å²) in [5.41, 5.74) is 0.641. The molecule has 1 N–H and O–H groups in total. The number of hydrogen-bond acceptors (Lipinski definition) is 5. The number of nitrogens with zero attached hydrogens (tertiary/aromatic N) is 1. The number of fused-ring (bicyclic) bond motifs is 1. The number of carbonyl (C=O) groups excluding carboxylic acids is 1. The van der Waals surface area contributed by atoms with Crippen LogP contribution in [0.4, 0.5) is 5.69 Å². The van der Waals surface area contributed by atoms with Gasteiger partial charge in [-0.3, -0.25) is 4.79 Å². The molecule has 0 aromatic heterocycles. The van der Waals surface area contributed by atoms with Crippen LogP contribution in [0.2, 0.25) is 0 Å². The van der Waals surface area contributed by atoms with Crippen LogP contribution in [0.15, 0.2) is 18.2 Å². The standard InChI is InChI=1S/C13H18N2O5S/c1-3-21(17,18)14-6-7-15(10(2)16)11-4-5-12-13(8-11)20-9-19-12/h4-5,8,14H,3,6-7,9H2,1-2H3. The van der Waals surface area contributed by atoms with Crippen LogP contribution in [0, 0.1) is 0 Å². The largest absolute Gasteiger partial charge is 0.454 e. The van der Waals surface area contributed by atoms with E-state index < -0.39 is 10.0 Å². The Morgan fingerprint density at radius 1 is 1.33 bits per heavy atom. The van der Waals surface area contributed by atoms with Crippen LogP contribution in [0.3, 0.4) is 0 Å². The molecule has 0 radical (unpaired) electrons. The van der Waals surface area contributed by atoms with Crippen LogP contribution in [-0.4, -0.2) is 40.0 Å². The molecular formula is C13H18N2O5S. The van der Waals surface area contributed by atoms with E-state index in [0.29, 0.717) is 17.2 Å². The second-order valence-corrected chi connectivity index (χ2v) is 6.60. The lowest BCUT2D eigenvalue weighted by Gasteiger charge is -2.21. The molecule has 0 unspecified atom stereocenters. The Morgan fingerprint density at radius 2 is 2.05 bits per heavy atom. The predicted molar refractivity (Wildman–Crippen MR) is 78.1 cm³/mol. The highest BCUT2D eigenvalue weighted by molar-refractivity contribution is 7.89. The molecule has 0 atom stereocenters. The zero-order chi connectivity index (χ0) is 15.5. The van der Waals surface area contributed by atoms with Gasteiger partial charge in [-0.25, -0.2) is 13.1 Å². The van der Waals surface area contributed by atoms with Gasteiger partial charge in [0.25, 0.3) is 0 Å². The highest BCUT2D eigenvalue weighted by Gasteiger charge is 2.18. The lowest BCUT2D eigenvalue weighted by Crippen LogP contribution is -2.38. The number of carbonyl (C=O) groups is 1. The third-order valence-electron chi connectivity index (χ3n) is 3.09. The Balaban J connectivity index is 2.07. The summed E-state index contributed by atoms with van der Waals surface area (Å²) in [7, 11) is -3.27. The first-order valence-electron chi connectivity index (χ1n) is 6.58. The van der Waals surface area contributed by atoms with Gasteiger partial charge in [-0.2, -0.15) is 0 Å². The van der Waals surface area contributed by atoms with Crippen molar-refractivity contribution in [3.63, 3.8) is 0 Å². The smallest absolute Gasteiger partial charge is 0.231 e. The van der Waals surface area contributed by atoms with Crippen LogP contribution < -0.4 is 19.1 Å². The number of hydrogen-bond donors (Lipinski definition) is 1. The first kappa shape index (κ1) is 15.6. The average molecular weight is 314 g/mol. The SMILES string of the molecule is CCS(=O)(=O)NCCN(C(C)=O)c1ccc2c(c1)OCO2. The Kier molecular flexibility index (Phi) is 4.69. The van der Waals surface area contributed by atoms with Crippen molar-refractivity contribution in [1.29, 1.82) is 0 Å². The van der Waals surface area contributed by atoms with E-state index in [-0.39, 0.29) is 31.5 Å². The Hall–Kier alpha value is -1.80. The molecule has 1 aliphatic heterocycles. The van der Waals surface area contributed by atoms with Crippen molar-refractivity contribution in [3.8, 4) is 11.5 Å². The van der Waals surface area contributed by atoms with E-state index in [4.69, 9.17) is 9.47 Å². The number of anilines is 1. The van der Waals surface area contributed by atoms with Crippen molar-refractivity contribution >= 4 is 21.6 Å². The van der Waals surface area contributed by atoms with Crippen molar-refractivity contribution in [2.45, 2.75) is 13.8 Å². The fraction of sp³-hybridized carbons (Fsp3) is 0.462. The topological polar surface area (TPSA) is 84.9 Å². The van der Waals surface area contributed by atoms with Crippen LogP contribution in [-0.2, 0) is 14.8 Å². The molecule has 1 amide bonds. The summed E-state index contributed by atoms with van der Waals surface area (Å²) in [4.78, 5) is 13.2. The van der Waals surface area contributed by atoms with Crippen molar-refractivity contribution in [1.82, 2.24) is 4.72 Å². The van der Waals surface area contributed by atoms with Crippen LogP contribution in [0.5, 0.6) is 11.5 Å². The lowest BCUT2D eigenvalue weighted by atomic mass is 10.2. The molecule has 116 valence electrons. The molecule has 21 heavy (non-hydrogen) atoms. The van der Waals surface area contributed by atoms with Crippen molar-refractivity contribution in [3.05, 3.63) is 18.2 Å². The van der Waals surface area contributed by atoms with Gasteiger partial charge in [0, 0.05) is 31.8 Å². The van der Waals surface area contributed by atoms with Gasteiger partial charge in [-0.15, -0.1) is 0 Å². The maximum absolute atomic E-state index is 11.7. The molecule has 1 aromatic rings. The van der Waals surface area contributed by atoms with Crippen LogP contribution in [0.1, 0.15) is 13.8 Å². The summed E-state index contributed by atoms with van der Waals surface area (Å²) in [5.74, 6) is 1.04. The molecule has 8 heteroatoms. The molecule has 0 spiro atoms. The van der Waals surface area contributed by atoms with E-state index in [0.717, 1.165) is 0 Å². The summed E-state index contributed by atoms with van der Waals surface area (Å²) in [6.45, 7) is 3.55. The van der Waals surface area contributed by atoms with Crippen molar-refractivity contribution < 1.29 is 22.7 Å². The van der Waals surface area contributed by atoms with E-state index >= 15 is 0 Å². The van der Waals surface area contributed by atoms with Gasteiger partial charge in [0.15, 0.2) is 11.5 Å². The lowest BCUT2D eigenvalue weighted by molar-refractivity contribution is -0.116. The second kappa shape index (κ2) is 6.31. The number of ether oxygens (including phenoxy) is 2. The van der Waals surface area contributed by atoms with Gasteiger partial charge < -0.3 is 14.4 Å². The van der Waals surface area contributed by atoms with Gasteiger partial charge in [0.2, 0.25) is 22.7 Å². The number of sulfonamides is 1. The fourth-order valence-electron chi connectivity index (χ4n) is 1.94. The zero-order valence-electron chi connectivity index (χ0n) is 12.0. The normalized spacial score (nSPS) is 13.2. The van der Waals surface area contributed by atoms with Gasteiger partial charge in [0.1, 0.15) is 0 Å². The first-order valence-corrected chi connectivity index (χ1v) is 8.23. The maximum atomic E-state index is 11.7. The summed E-state index contributed by atoms with van der Waals surface area (Å²) >= 11 is 0. The quantitative estimate of drug-likeness (QED) is 0.836. The van der Waals surface area contributed by atoms with Gasteiger partial charge in [-0.05, 0) is 19.1 Å². The fourth-order valence-corrected chi connectivity index (χ4v) is 2.54. The highest BCUT2D eigenvalue weighted by Crippen LogP contribution is 2.35. The molecule has 1 heterocycles. The van der Waals surface area contributed by atoms with Gasteiger partial charge in [-0.1, -0.05) is 0 Å². The Bertz CT molecular complexity index is 629. The van der Waals surface area contributed by atoms with E-state index in [9.17, 15) is 13.2 Å². The third-order valence-corrected chi connectivity index (χ3v) is 4.49. The van der Waals surface area contributed by atoms with Crippen molar-refractivity contribution in [2.75, 3.05) is 30.5 Å². The summed E-state index contributed by atoms with van der Waals surface area (Å²) < 4.78 is 35.7. The molecule has 1 aliphatic rings. The molecule has 0 bridgehead atoms. The minimum atomic E-state index is -3.27. The molecule has 2 rings (SSSR count). The average Bonchev–Trinajstić information content (AvgIpc) is 2.90.